The largest absolute Gasteiger partial charge is 0.507 e. The van der Waals surface area contributed by atoms with Crippen molar-refractivity contribution in [1.82, 2.24) is 10.2 Å². The van der Waals surface area contributed by atoms with E-state index in [0.717, 1.165) is 0 Å². The average molecular weight is 301 g/mol. The first-order valence-electron chi connectivity index (χ1n) is 6.20. The number of hydrogen-bond donors (Lipinski definition) is 1. The van der Waals surface area contributed by atoms with Gasteiger partial charge >= 0.3 is 0 Å². The van der Waals surface area contributed by atoms with Gasteiger partial charge < -0.3 is 5.11 Å². The molecular formula is C16H10ClFN2O. The van der Waals surface area contributed by atoms with E-state index in [0.29, 0.717) is 27.3 Å². The maximum Gasteiger partial charge on any atom is 0.124 e. The molecule has 0 amide bonds. The standard InChI is InChI=1S/C16H10ClFN2O/c17-15-7-14(11-4-5-19-20-9-11)16(21)8-13(15)10-2-1-3-12(18)6-10/h1-9,21H. The van der Waals surface area contributed by atoms with Crippen LogP contribution in [-0.4, -0.2) is 15.3 Å². The van der Waals surface area contributed by atoms with Gasteiger partial charge in [0.25, 0.3) is 0 Å². The lowest BCUT2D eigenvalue weighted by atomic mass is 10.00. The van der Waals surface area contributed by atoms with Crippen molar-refractivity contribution in [3.8, 4) is 28.0 Å². The van der Waals surface area contributed by atoms with Gasteiger partial charge in [0, 0.05) is 21.7 Å². The summed E-state index contributed by atoms with van der Waals surface area (Å²) in [5.41, 5.74) is 2.43. The molecule has 0 saturated heterocycles. The average Bonchev–Trinajstić information content (AvgIpc) is 2.50. The van der Waals surface area contributed by atoms with Gasteiger partial charge in [-0.05, 0) is 35.9 Å². The normalized spacial score (nSPS) is 10.6. The predicted octanol–water partition coefficient (Wildman–Crippen LogP) is 4.31. The second-order valence-corrected chi connectivity index (χ2v) is 4.90. The van der Waals surface area contributed by atoms with E-state index in [1.54, 1.807) is 24.3 Å². The first-order chi connectivity index (χ1) is 10.1. The van der Waals surface area contributed by atoms with Gasteiger partial charge in [-0.1, -0.05) is 23.7 Å². The van der Waals surface area contributed by atoms with Crippen LogP contribution >= 0.6 is 11.6 Å². The number of phenols is 1. The number of hydrogen-bond acceptors (Lipinski definition) is 3. The highest BCUT2D eigenvalue weighted by molar-refractivity contribution is 6.33. The molecule has 0 spiro atoms. The number of halogens is 2. The quantitative estimate of drug-likeness (QED) is 0.767. The van der Waals surface area contributed by atoms with Gasteiger partial charge in [-0.2, -0.15) is 10.2 Å². The molecule has 0 aliphatic rings. The molecule has 0 saturated carbocycles. The topological polar surface area (TPSA) is 46.0 Å². The Balaban J connectivity index is 2.13. The fourth-order valence-electron chi connectivity index (χ4n) is 2.12. The number of aromatic hydroxyl groups is 1. The molecule has 1 heterocycles. The van der Waals surface area contributed by atoms with Crippen LogP contribution in [0.25, 0.3) is 22.3 Å². The van der Waals surface area contributed by atoms with E-state index in [9.17, 15) is 9.50 Å². The van der Waals surface area contributed by atoms with Crippen molar-refractivity contribution in [3.63, 3.8) is 0 Å². The lowest BCUT2D eigenvalue weighted by molar-refractivity contribution is 0.477. The lowest BCUT2D eigenvalue weighted by Crippen LogP contribution is -1.87. The molecule has 1 N–H and O–H groups in total. The molecule has 0 radical (unpaired) electrons. The minimum Gasteiger partial charge on any atom is -0.507 e. The highest BCUT2D eigenvalue weighted by atomic mass is 35.5. The van der Waals surface area contributed by atoms with Crippen molar-refractivity contribution < 1.29 is 9.50 Å². The van der Waals surface area contributed by atoms with Crippen LogP contribution < -0.4 is 0 Å². The number of nitrogens with zero attached hydrogens (tertiary/aromatic N) is 2. The van der Waals surface area contributed by atoms with Crippen LogP contribution in [0.5, 0.6) is 5.75 Å². The summed E-state index contributed by atoms with van der Waals surface area (Å²) in [5.74, 6) is -0.308. The van der Waals surface area contributed by atoms with Crippen molar-refractivity contribution in [2.24, 2.45) is 0 Å². The van der Waals surface area contributed by atoms with E-state index in [4.69, 9.17) is 11.6 Å². The fourth-order valence-corrected chi connectivity index (χ4v) is 2.39. The van der Waals surface area contributed by atoms with E-state index in [-0.39, 0.29) is 11.6 Å². The third kappa shape index (κ3) is 2.71. The molecule has 21 heavy (non-hydrogen) atoms. The molecule has 2 aromatic carbocycles. The number of aromatic nitrogens is 2. The summed E-state index contributed by atoms with van der Waals surface area (Å²) in [6.07, 6.45) is 3.07. The van der Waals surface area contributed by atoms with Crippen LogP contribution in [0.4, 0.5) is 4.39 Å². The third-order valence-electron chi connectivity index (χ3n) is 3.12. The molecule has 0 fully saturated rings. The van der Waals surface area contributed by atoms with E-state index in [1.807, 2.05) is 0 Å². The van der Waals surface area contributed by atoms with Crippen molar-refractivity contribution >= 4 is 11.6 Å². The van der Waals surface area contributed by atoms with Gasteiger partial charge in [0.1, 0.15) is 11.6 Å². The van der Waals surface area contributed by atoms with Crippen LogP contribution in [0.15, 0.2) is 54.9 Å². The summed E-state index contributed by atoms with van der Waals surface area (Å²) >= 11 is 6.27. The Morgan fingerprint density at radius 3 is 2.52 bits per heavy atom. The Labute approximate surface area is 125 Å². The molecule has 0 bridgehead atoms. The Morgan fingerprint density at radius 2 is 1.81 bits per heavy atom. The van der Waals surface area contributed by atoms with Crippen LogP contribution in [0.1, 0.15) is 0 Å². The Bertz CT molecular complexity index is 794. The monoisotopic (exact) mass is 300 g/mol. The Morgan fingerprint density at radius 1 is 0.952 bits per heavy atom. The van der Waals surface area contributed by atoms with Gasteiger partial charge in [-0.3, -0.25) is 0 Å². The minimum atomic E-state index is -0.356. The second-order valence-electron chi connectivity index (χ2n) is 4.49. The first kappa shape index (κ1) is 13.5. The third-order valence-corrected chi connectivity index (χ3v) is 3.43. The highest BCUT2D eigenvalue weighted by Crippen LogP contribution is 2.38. The number of rotatable bonds is 2. The van der Waals surface area contributed by atoms with E-state index in [2.05, 4.69) is 10.2 Å². The minimum absolute atomic E-state index is 0.0478. The molecule has 1 aromatic heterocycles. The van der Waals surface area contributed by atoms with E-state index in [1.165, 1.54) is 30.6 Å². The summed E-state index contributed by atoms with van der Waals surface area (Å²) in [7, 11) is 0. The number of benzene rings is 2. The van der Waals surface area contributed by atoms with Crippen LogP contribution in [0.3, 0.4) is 0 Å². The van der Waals surface area contributed by atoms with E-state index >= 15 is 0 Å². The summed E-state index contributed by atoms with van der Waals surface area (Å²) in [6, 6.07) is 10.9. The Kier molecular flexibility index (Phi) is 3.54. The number of phenolic OH excluding ortho intramolecular Hbond substituents is 1. The molecule has 3 nitrogen and oxygen atoms in total. The zero-order chi connectivity index (χ0) is 14.8. The highest BCUT2D eigenvalue weighted by Gasteiger charge is 2.12. The van der Waals surface area contributed by atoms with Crippen molar-refractivity contribution in [2.75, 3.05) is 0 Å². The molecule has 0 unspecified atom stereocenters. The molecule has 0 atom stereocenters. The second kappa shape index (κ2) is 5.50. The molecule has 0 aliphatic heterocycles. The summed E-state index contributed by atoms with van der Waals surface area (Å²) in [6.45, 7) is 0. The summed E-state index contributed by atoms with van der Waals surface area (Å²) in [5, 5.41) is 18.1. The first-order valence-corrected chi connectivity index (χ1v) is 6.58. The van der Waals surface area contributed by atoms with Crippen LogP contribution in [0.2, 0.25) is 5.02 Å². The van der Waals surface area contributed by atoms with Gasteiger partial charge in [-0.15, -0.1) is 0 Å². The summed E-state index contributed by atoms with van der Waals surface area (Å²) in [4.78, 5) is 0. The van der Waals surface area contributed by atoms with Crippen molar-refractivity contribution in [3.05, 3.63) is 65.7 Å². The van der Waals surface area contributed by atoms with E-state index < -0.39 is 0 Å². The fraction of sp³-hybridized carbons (Fsp3) is 0. The van der Waals surface area contributed by atoms with Gasteiger partial charge in [0.2, 0.25) is 0 Å². The smallest absolute Gasteiger partial charge is 0.124 e. The van der Waals surface area contributed by atoms with Crippen molar-refractivity contribution in [1.29, 1.82) is 0 Å². The van der Waals surface area contributed by atoms with Gasteiger partial charge in [0.05, 0.1) is 12.4 Å². The molecule has 3 rings (SSSR count). The lowest BCUT2D eigenvalue weighted by Gasteiger charge is -2.10. The maximum absolute atomic E-state index is 13.3. The van der Waals surface area contributed by atoms with Crippen molar-refractivity contribution in [2.45, 2.75) is 0 Å². The maximum atomic E-state index is 13.3. The van der Waals surface area contributed by atoms with Gasteiger partial charge in [0.15, 0.2) is 0 Å². The zero-order valence-corrected chi connectivity index (χ0v) is 11.5. The van der Waals surface area contributed by atoms with Crippen LogP contribution in [-0.2, 0) is 0 Å². The molecule has 5 heteroatoms. The molecule has 3 aromatic rings. The summed E-state index contributed by atoms with van der Waals surface area (Å²) < 4.78 is 13.3. The molecular weight excluding hydrogens is 291 g/mol. The molecule has 104 valence electrons. The molecule has 0 aliphatic carbocycles. The Hall–Kier alpha value is -2.46. The predicted molar refractivity (Wildman–Crippen MR) is 79.5 cm³/mol. The van der Waals surface area contributed by atoms with Gasteiger partial charge in [-0.25, -0.2) is 4.39 Å². The SMILES string of the molecule is Oc1cc(-c2cccc(F)c2)c(Cl)cc1-c1ccnnc1. The zero-order valence-electron chi connectivity index (χ0n) is 10.8. The van der Waals surface area contributed by atoms with Crippen LogP contribution in [0, 0.1) is 5.82 Å².